The van der Waals surface area contributed by atoms with E-state index >= 15 is 0 Å². The summed E-state index contributed by atoms with van der Waals surface area (Å²) in [6.45, 7) is 3.30. The fraction of sp³-hybridized carbons (Fsp3) is 0.522. The zero-order valence-electron chi connectivity index (χ0n) is 17.9. The maximum absolute atomic E-state index is 13.0. The molecule has 3 rings (SSSR count). The molecule has 1 aliphatic rings. The van der Waals surface area contributed by atoms with Crippen LogP contribution in [-0.4, -0.2) is 40.3 Å². The van der Waals surface area contributed by atoms with Crippen LogP contribution in [0.4, 0.5) is 0 Å². The number of aliphatic hydroxyl groups is 1. The van der Waals surface area contributed by atoms with Crippen molar-refractivity contribution in [3.8, 4) is 0 Å². The van der Waals surface area contributed by atoms with Crippen molar-refractivity contribution in [1.82, 2.24) is 9.88 Å². The van der Waals surface area contributed by atoms with Gasteiger partial charge >= 0.3 is 5.97 Å². The molecule has 1 fully saturated rings. The van der Waals surface area contributed by atoms with E-state index in [-0.39, 0.29) is 35.3 Å². The summed E-state index contributed by atoms with van der Waals surface area (Å²) in [6, 6.07) is 4.42. The van der Waals surface area contributed by atoms with Crippen molar-refractivity contribution in [2.45, 2.75) is 64.0 Å². The van der Waals surface area contributed by atoms with Crippen molar-refractivity contribution in [3.63, 3.8) is 0 Å². The van der Waals surface area contributed by atoms with Gasteiger partial charge in [-0.3, -0.25) is 14.4 Å². The van der Waals surface area contributed by atoms with Crippen LogP contribution in [0.2, 0.25) is 5.02 Å². The molecule has 1 amide bonds. The molecule has 8 heteroatoms. The number of hydrogen-bond donors (Lipinski definition) is 2. The average molecular weight is 449 g/mol. The second-order valence-corrected chi connectivity index (χ2v) is 8.79. The van der Waals surface area contributed by atoms with Gasteiger partial charge in [-0.25, -0.2) is 0 Å². The molecular weight excluding hydrogens is 420 g/mol. The fourth-order valence-corrected chi connectivity index (χ4v) is 4.36. The van der Waals surface area contributed by atoms with Crippen LogP contribution >= 0.6 is 11.6 Å². The minimum atomic E-state index is -0.915. The van der Waals surface area contributed by atoms with Gasteiger partial charge in [0.1, 0.15) is 6.61 Å². The number of aromatic nitrogens is 1. The highest BCUT2D eigenvalue weighted by Crippen LogP contribution is 2.28. The van der Waals surface area contributed by atoms with Crippen LogP contribution in [0.5, 0.6) is 0 Å². The van der Waals surface area contributed by atoms with Gasteiger partial charge in [0.15, 0.2) is 0 Å². The van der Waals surface area contributed by atoms with Crippen LogP contribution in [0.1, 0.15) is 68.8 Å². The van der Waals surface area contributed by atoms with Gasteiger partial charge in [-0.05, 0) is 38.0 Å². The summed E-state index contributed by atoms with van der Waals surface area (Å²) in [5.74, 6) is -0.833. The minimum Gasteiger partial charge on any atom is -0.464 e. The van der Waals surface area contributed by atoms with Crippen LogP contribution < -0.4 is 10.9 Å². The number of carbonyl (C=O) groups excluding carboxylic acids is 2. The Morgan fingerprint density at radius 1 is 1.19 bits per heavy atom. The lowest BCUT2D eigenvalue weighted by molar-refractivity contribution is -0.141. The second-order valence-electron chi connectivity index (χ2n) is 8.38. The standard InChI is InChI=1S/C23H29ClN2O5/c1-15(13-31-16(2)27)26-12-9-17-18(22(26)29)7-8-19(24)20(17)21(28)25-14-23(30)10-5-3-4-6-11-23/h7-9,12,15,30H,3-6,10-11,13-14H2,1-2H3,(H,25,28). The molecule has 31 heavy (non-hydrogen) atoms. The third-order valence-electron chi connectivity index (χ3n) is 5.90. The molecule has 1 heterocycles. The van der Waals surface area contributed by atoms with Gasteiger partial charge in [-0.15, -0.1) is 0 Å². The Morgan fingerprint density at radius 2 is 1.87 bits per heavy atom. The summed E-state index contributed by atoms with van der Waals surface area (Å²) in [5.41, 5.74) is -0.999. The molecule has 1 unspecified atom stereocenters. The molecule has 2 aromatic rings. The number of hydrogen-bond acceptors (Lipinski definition) is 5. The Balaban J connectivity index is 1.87. The molecule has 1 aromatic carbocycles. The van der Waals surface area contributed by atoms with E-state index in [0.717, 1.165) is 25.7 Å². The van der Waals surface area contributed by atoms with Gasteiger partial charge in [-0.2, -0.15) is 0 Å². The molecule has 0 spiro atoms. The molecule has 1 atom stereocenters. The molecule has 1 saturated carbocycles. The molecule has 0 aliphatic heterocycles. The molecule has 0 radical (unpaired) electrons. The highest BCUT2D eigenvalue weighted by atomic mass is 35.5. The zero-order chi connectivity index (χ0) is 22.6. The number of rotatable bonds is 6. The first-order valence-corrected chi connectivity index (χ1v) is 11.1. The number of esters is 1. The van der Waals surface area contributed by atoms with Gasteiger partial charge in [-0.1, -0.05) is 37.3 Å². The van der Waals surface area contributed by atoms with E-state index in [1.54, 1.807) is 25.3 Å². The third-order valence-corrected chi connectivity index (χ3v) is 6.22. The molecule has 1 aromatic heterocycles. The van der Waals surface area contributed by atoms with E-state index in [1.807, 2.05) is 0 Å². The topological polar surface area (TPSA) is 97.6 Å². The van der Waals surface area contributed by atoms with Crippen LogP contribution in [0, 0.1) is 0 Å². The van der Waals surface area contributed by atoms with Crippen molar-refractivity contribution in [2.24, 2.45) is 0 Å². The van der Waals surface area contributed by atoms with Gasteiger partial charge in [0, 0.05) is 30.4 Å². The summed E-state index contributed by atoms with van der Waals surface area (Å²) in [4.78, 5) is 37.1. The molecule has 1 aliphatic carbocycles. The quantitative estimate of drug-likeness (QED) is 0.519. The van der Waals surface area contributed by atoms with Crippen molar-refractivity contribution in [1.29, 1.82) is 0 Å². The second kappa shape index (κ2) is 9.83. The first kappa shape index (κ1) is 23.3. The van der Waals surface area contributed by atoms with Crippen LogP contribution in [-0.2, 0) is 9.53 Å². The van der Waals surface area contributed by atoms with Crippen LogP contribution in [0.15, 0.2) is 29.2 Å². The normalized spacial score (nSPS) is 17.0. The molecule has 7 nitrogen and oxygen atoms in total. The molecule has 2 N–H and O–H groups in total. The average Bonchev–Trinajstić information content (AvgIpc) is 2.95. The lowest BCUT2D eigenvalue weighted by Gasteiger charge is -2.27. The Labute approximate surface area is 186 Å². The van der Waals surface area contributed by atoms with Gasteiger partial charge < -0.3 is 19.7 Å². The maximum atomic E-state index is 13.0. The monoisotopic (exact) mass is 448 g/mol. The Kier molecular flexibility index (Phi) is 7.38. The first-order chi connectivity index (χ1) is 14.7. The number of carbonyl (C=O) groups is 2. The van der Waals surface area contributed by atoms with Gasteiger partial charge in [0.05, 0.1) is 22.2 Å². The number of nitrogens with zero attached hydrogens (tertiary/aromatic N) is 1. The molecular formula is C23H29ClN2O5. The van der Waals surface area contributed by atoms with Crippen LogP contribution in [0.3, 0.4) is 0 Å². The zero-order valence-corrected chi connectivity index (χ0v) is 18.7. The highest BCUT2D eigenvalue weighted by Gasteiger charge is 2.29. The van der Waals surface area contributed by atoms with Gasteiger partial charge in [0.25, 0.3) is 11.5 Å². The summed E-state index contributed by atoms with van der Waals surface area (Å²) in [6.07, 6.45) is 6.94. The number of pyridine rings is 1. The number of halogens is 1. The Bertz CT molecular complexity index is 1020. The van der Waals surface area contributed by atoms with Crippen molar-refractivity contribution < 1.29 is 19.4 Å². The molecule has 0 bridgehead atoms. The third kappa shape index (κ3) is 5.46. The number of amides is 1. The lowest BCUT2D eigenvalue weighted by Crippen LogP contribution is -2.42. The minimum absolute atomic E-state index is 0.0697. The van der Waals surface area contributed by atoms with Crippen molar-refractivity contribution in [2.75, 3.05) is 13.2 Å². The largest absolute Gasteiger partial charge is 0.464 e. The lowest BCUT2D eigenvalue weighted by atomic mass is 9.94. The molecule has 0 saturated heterocycles. The first-order valence-electron chi connectivity index (χ1n) is 10.7. The summed E-state index contributed by atoms with van der Waals surface area (Å²) in [5, 5.41) is 14.7. The number of ether oxygens (including phenoxy) is 1. The van der Waals surface area contributed by atoms with Crippen LogP contribution in [0.25, 0.3) is 10.8 Å². The number of benzene rings is 1. The number of fused-ring (bicyclic) bond motifs is 1. The van der Waals surface area contributed by atoms with E-state index in [2.05, 4.69) is 5.32 Å². The van der Waals surface area contributed by atoms with E-state index in [0.29, 0.717) is 23.6 Å². The van der Waals surface area contributed by atoms with E-state index in [4.69, 9.17) is 16.3 Å². The predicted octanol–water partition coefficient (Wildman–Crippen LogP) is 3.59. The summed E-state index contributed by atoms with van der Waals surface area (Å²) in [7, 11) is 0. The summed E-state index contributed by atoms with van der Waals surface area (Å²) < 4.78 is 6.47. The van der Waals surface area contributed by atoms with E-state index in [1.165, 1.54) is 17.6 Å². The highest BCUT2D eigenvalue weighted by molar-refractivity contribution is 6.35. The van der Waals surface area contributed by atoms with E-state index in [9.17, 15) is 19.5 Å². The van der Waals surface area contributed by atoms with Gasteiger partial charge in [0.2, 0.25) is 0 Å². The fourth-order valence-electron chi connectivity index (χ4n) is 4.11. The molecule has 168 valence electrons. The Morgan fingerprint density at radius 3 is 2.52 bits per heavy atom. The van der Waals surface area contributed by atoms with E-state index < -0.39 is 17.5 Å². The SMILES string of the molecule is CC(=O)OCC(C)n1ccc2c(C(=O)NCC3(O)CCCCCC3)c(Cl)ccc2c1=O. The predicted molar refractivity (Wildman–Crippen MR) is 120 cm³/mol. The van der Waals surface area contributed by atoms with Crippen molar-refractivity contribution in [3.05, 3.63) is 45.3 Å². The smallest absolute Gasteiger partial charge is 0.302 e. The summed E-state index contributed by atoms with van der Waals surface area (Å²) >= 11 is 6.33. The Hall–Kier alpha value is -2.38. The number of nitrogens with one attached hydrogen (secondary N) is 1. The van der Waals surface area contributed by atoms with Crippen molar-refractivity contribution >= 4 is 34.2 Å². The maximum Gasteiger partial charge on any atom is 0.302 e.